The molecule has 1 aliphatic heterocycles. The number of amides is 1. The number of nitrogens with one attached hydrogen (secondary N) is 1. The predicted molar refractivity (Wildman–Crippen MR) is 113 cm³/mol. The molecule has 3 aromatic heterocycles. The number of unbranched alkanes of at least 4 members (excludes halogenated alkanes) is 1. The number of rotatable bonds is 7. The summed E-state index contributed by atoms with van der Waals surface area (Å²) in [5, 5.41) is 5.83. The maximum atomic E-state index is 12.8. The monoisotopic (exact) mass is 411 g/mol. The average Bonchev–Trinajstić information content (AvgIpc) is 3.48. The zero-order valence-corrected chi connectivity index (χ0v) is 17.5. The summed E-state index contributed by atoms with van der Waals surface area (Å²) in [6.07, 6.45) is 8.91. The van der Waals surface area contributed by atoms with Crippen LogP contribution in [0.3, 0.4) is 0 Å². The van der Waals surface area contributed by atoms with E-state index in [0.717, 1.165) is 60.1 Å². The van der Waals surface area contributed by atoms with E-state index in [0.29, 0.717) is 12.1 Å². The van der Waals surface area contributed by atoms with Crippen LogP contribution in [0, 0.1) is 6.92 Å². The standard InChI is InChI=1S/C21H25N5O2S/c1-3-4-7-24-20(27)15-11-18(26(14(15)2)19-6-5-10-28-19)17-13-29-21(25-17)16-12-22-8-9-23-16/h8-9,11-13,19H,3-7,10H2,1-2H3,(H,24,27). The van der Waals surface area contributed by atoms with Gasteiger partial charge in [0.25, 0.3) is 5.91 Å². The van der Waals surface area contributed by atoms with Crippen molar-refractivity contribution in [2.45, 2.75) is 45.8 Å². The van der Waals surface area contributed by atoms with Gasteiger partial charge in [0.2, 0.25) is 0 Å². The molecule has 29 heavy (non-hydrogen) atoms. The molecule has 4 rings (SSSR count). The number of hydrogen-bond acceptors (Lipinski definition) is 6. The molecule has 4 heterocycles. The van der Waals surface area contributed by atoms with Crippen LogP contribution in [0.15, 0.2) is 30.0 Å². The number of thiazole rings is 1. The number of carbonyl (C=O) groups excluding carboxylic acids is 1. The summed E-state index contributed by atoms with van der Waals surface area (Å²) in [5.41, 5.74) is 4.06. The first-order valence-electron chi connectivity index (χ1n) is 10.0. The van der Waals surface area contributed by atoms with Crippen molar-refractivity contribution in [1.82, 2.24) is 24.8 Å². The number of ether oxygens (including phenoxy) is 1. The Morgan fingerprint density at radius 3 is 3.00 bits per heavy atom. The van der Waals surface area contributed by atoms with Crippen molar-refractivity contribution in [1.29, 1.82) is 0 Å². The topological polar surface area (TPSA) is 81.9 Å². The predicted octanol–water partition coefficient (Wildman–Crippen LogP) is 4.22. The fraction of sp³-hybridized carbons (Fsp3) is 0.429. The zero-order chi connectivity index (χ0) is 20.2. The van der Waals surface area contributed by atoms with Crippen molar-refractivity contribution in [2.75, 3.05) is 13.2 Å². The minimum absolute atomic E-state index is 0.0432. The van der Waals surface area contributed by atoms with E-state index >= 15 is 0 Å². The fourth-order valence-electron chi connectivity index (χ4n) is 3.58. The molecule has 1 saturated heterocycles. The lowest BCUT2D eigenvalue weighted by atomic mass is 10.2. The van der Waals surface area contributed by atoms with E-state index in [2.05, 4.69) is 26.8 Å². The van der Waals surface area contributed by atoms with Crippen LogP contribution in [0.1, 0.15) is 54.9 Å². The lowest BCUT2D eigenvalue weighted by Gasteiger charge is -2.17. The second kappa shape index (κ2) is 8.84. The van der Waals surface area contributed by atoms with Gasteiger partial charge in [0.05, 0.1) is 23.1 Å². The Labute approximate surface area is 174 Å². The Morgan fingerprint density at radius 1 is 1.38 bits per heavy atom. The molecular weight excluding hydrogens is 386 g/mol. The van der Waals surface area contributed by atoms with Gasteiger partial charge in [0, 0.05) is 36.6 Å². The summed E-state index contributed by atoms with van der Waals surface area (Å²) in [4.78, 5) is 26.0. The molecule has 0 radical (unpaired) electrons. The van der Waals surface area contributed by atoms with Crippen LogP contribution in [-0.2, 0) is 4.74 Å². The molecule has 1 atom stereocenters. The van der Waals surface area contributed by atoms with Gasteiger partial charge in [-0.2, -0.15) is 0 Å². The third-order valence-corrected chi connectivity index (χ3v) is 5.96. The van der Waals surface area contributed by atoms with Crippen LogP contribution < -0.4 is 5.32 Å². The zero-order valence-electron chi connectivity index (χ0n) is 16.7. The van der Waals surface area contributed by atoms with Gasteiger partial charge in [-0.15, -0.1) is 11.3 Å². The van der Waals surface area contributed by atoms with Crippen molar-refractivity contribution in [3.05, 3.63) is 41.3 Å². The van der Waals surface area contributed by atoms with Crippen molar-refractivity contribution in [3.63, 3.8) is 0 Å². The van der Waals surface area contributed by atoms with Gasteiger partial charge in [-0.05, 0) is 32.3 Å². The lowest BCUT2D eigenvalue weighted by molar-refractivity contribution is 0.0565. The highest BCUT2D eigenvalue weighted by atomic mass is 32.1. The molecule has 0 spiro atoms. The first-order chi connectivity index (χ1) is 14.2. The minimum Gasteiger partial charge on any atom is -0.358 e. The molecule has 1 unspecified atom stereocenters. The normalized spacial score (nSPS) is 16.3. The summed E-state index contributed by atoms with van der Waals surface area (Å²) >= 11 is 1.52. The molecule has 0 saturated carbocycles. The highest BCUT2D eigenvalue weighted by Gasteiger charge is 2.27. The summed E-state index contributed by atoms with van der Waals surface area (Å²) in [6, 6.07) is 1.94. The maximum Gasteiger partial charge on any atom is 0.253 e. The van der Waals surface area contributed by atoms with Gasteiger partial charge in [-0.3, -0.25) is 14.8 Å². The van der Waals surface area contributed by atoms with Gasteiger partial charge >= 0.3 is 0 Å². The van der Waals surface area contributed by atoms with Crippen molar-refractivity contribution in [3.8, 4) is 22.1 Å². The van der Waals surface area contributed by atoms with Crippen LogP contribution >= 0.6 is 11.3 Å². The quantitative estimate of drug-likeness (QED) is 0.589. The first-order valence-corrected chi connectivity index (χ1v) is 10.9. The fourth-order valence-corrected chi connectivity index (χ4v) is 4.35. The van der Waals surface area contributed by atoms with Crippen molar-refractivity contribution < 1.29 is 9.53 Å². The first kappa shape index (κ1) is 19.7. The largest absolute Gasteiger partial charge is 0.358 e. The smallest absolute Gasteiger partial charge is 0.253 e. The molecule has 1 fully saturated rings. The van der Waals surface area contributed by atoms with Gasteiger partial charge in [0.15, 0.2) is 0 Å². The number of hydrogen-bond donors (Lipinski definition) is 1. The van der Waals surface area contributed by atoms with Gasteiger partial charge < -0.3 is 14.6 Å². The molecule has 1 amide bonds. The molecular formula is C21H25N5O2S. The van der Waals surface area contributed by atoms with E-state index in [9.17, 15) is 4.79 Å². The maximum absolute atomic E-state index is 12.8. The van der Waals surface area contributed by atoms with E-state index in [4.69, 9.17) is 9.72 Å². The molecule has 8 heteroatoms. The van der Waals surface area contributed by atoms with Crippen molar-refractivity contribution >= 4 is 17.2 Å². The lowest BCUT2D eigenvalue weighted by Crippen LogP contribution is -2.25. The third-order valence-electron chi connectivity index (χ3n) is 5.09. The Morgan fingerprint density at radius 2 is 2.28 bits per heavy atom. The second-order valence-electron chi connectivity index (χ2n) is 7.10. The summed E-state index contributed by atoms with van der Waals surface area (Å²) < 4.78 is 8.07. The van der Waals surface area contributed by atoms with Crippen LogP contribution in [-0.4, -0.2) is 38.6 Å². The van der Waals surface area contributed by atoms with Gasteiger partial charge in [-0.1, -0.05) is 13.3 Å². The molecule has 0 bridgehead atoms. The molecule has 0 aromatic carbocycles. The van der Waals surface area contributed by atoms with E-state index < -0.39 is 0 Å². The minimum atomic E-state index is -0.0659. The highest BCUT2D eigenvalue weighted by Crippen LogP contribution is 2.35. The Bertz CT molecular complexity index is 976. The van der Waals surface area contributed by atoms with E-state index in [-0.39, 0.29) is 12.1 Å². The summed E-state index contributed by atoms with van der Waals surface area (Å²) in [7, 11) is 0. The number of carbonyl (C=O) groups is 1. The Kier molecular flexibility index (Phi) is 6.01. The van der Waals surface area contributed by atoms with E-state index in [1.54, 1.807) is 18.6 Å². The number of aromatic nitrogens is 4. The molecule has 152 valence electrons. The van der Waals surface area contributed by atoms with E-state index in [1.807, 2.05) is 18.4 Å². The molecule has 7 nitrogen and oxygen atoms in total. The van der Waals surface area contributed by atoms with Crippen molar-refractivity contribution in [2.24, 2.45) is 0 Å². The summed E-state index contributed by atoms with van der Waals surface area (Å²) in [6.45, 7) is 5.51. The SMILES string of the molecule is CCCCNC(=O)c1cc(-c2csc(-c3cnccn3)n2)n(C2CCCO2)c1C. The Balaban J connectivity index is 1.71. The van der Waals surface area contributed by atoms with Crippen LogP contribution in [0.25, 0.3) is 22.1 Å². The second-order valence-corrected chi connectivity index (χ2v) is 7.96. The molecule has 3 aromatic rings. The van der Waals surface area contributed by atoms with Crippen LogP contribution in [0.5, 0.6) is 0 Å². The molecule has 1 N–H and O–H groups in total. The van der Waals surface area contributed by atoms with Gasteiger partial charge in [0.1, 0.15) is 16.9 Å². The van der Waals surface area contributed by atoms with E-state index in [1.165, 1.54) is 11.3 Å². The van der Waals surface area contributed by atoms with Gasteiger partial charge in [-0.25, -0.2) is 4.98 Å². The number of nitrogens with zero attached hydrogens (tertiary/aromatic N) is 4. The van der Waals surface area contributed by atoms with Crippen LogP contribution in [0.2, 0.25) is 0 Å². The molecule has 1 aliphatic rings. The highest BCUT2D eigenvalue weighted by molar-refractivity contribution is 7.13. The third kappa shape index (κ3) is 4.09. The van der Waals surface area contributed by atoms with Crippen LogP contribution in [0.4, 0.5) is 0 Å². The Hall–Kier alpha value is -2.58. The molecule has 0 aliphatic carbocycles. The summed E-state index contributed by atoms with van der Waals surface area (Å²) in [5.74, 6) is -0.0432. The average molecular weight is 412 g/mol.